The second-order valence-corrected chi connectivity index (χ2v) is 9.56. The number of amides is 1. The van der Waals surface area contributed by atoms with Crippen molar-refractivity contribution in [3.05, 3.63) is 105 Å². The first kappa shape index (κ1) is 25.7. The van der Waals surface area contributed by atoms with Crippen molar-refractivity contribution in [3.63, 3.8) is 0 Å². The van der Waals surface area contributed by atoms with E-state index in [1.54, 1.807) is 19.2 Å². The van der Waals surface area contributed by atoms with Crippen molar-refractivity contribution >= 4 is 33.4 Å². The summed E-state index contributed by atoms with van der Waals surface area (Å²) in [6.07, 6.45) is 0.570. The van der Waals surface area contributed by atoms with Crippen LogP contribution in [0.3, 0.4) is 0 Å². The Bertz CT molecular complexity index is 1290. The maximum atomic E-state index is 13.2. The summed E-state index contributed by atoms with van der Waals surface area (Å²) in [5.74, 6) is -0.868. The van der Waals surface area contributed by atoms with Crippen molar-refractivity contribution in [2.24, 2.45) is 0 Å². The highest BCUT2D eigenvalue weighted by Gasteiger charge is 2.45. The van der Waals surface area contributed by atoms with E-state index >= 15 is 0 Å². The summed E-state index contributed by atoms with van der Waals surface area (Å²) >= 11 is 3.48. The number of benzene rings is 3. The molecular formula is C29H28BrNO5. The molecule has 4 rings (SSSR count). The van der Waals surface area contributed by atoms with Crippen molar-refractivity contribution in [3.8, 4) is 5.75 Å². The zero-order chi connectivity index (χ0) is 25.7. The fourth-order valence-corrected chi connectivity index (χ4v) is 4.81. The highest BCUT2D eigenvalue weighted by atomic mass is 79.9. The molecule has 3 aromatic rings. The zero-order valence-corrected chi connectivity index (χ0v) is 21.8. The Morgan fingerprint density at radius 3 is 2.50 bits per heavy atom. The Morgan fingerprint density at radius 2 is 1.81 bits per heavy atom. The summed E-state index contributed by atoms with van der Waals surface area (Å²) in [7, 11) is 1.59. The number of hydrogen-bond acceptors (Lipinski definition) is 5. The minimum Gasteiger partial charge on any atom is -0.507 e. The molecule has 0 aromatic heterocycles. The van der Waals surface area contributed by atoms with Crippen LogP contribution in [0.5, 0.6) is 5.75 Å². The van der Waals surface area contributed by atoms with Crippen LogP contribution in [0.2, 0.25) is 0 Å². The van der Waals surface area contributed by atoms with Crippen molar-refractivity contribution < 1.29 is 24.2 Å². The van der Waals surface area contributed by atoms with Crippen molar-refractivity contribution in [1.82, 2.24) is 4.90 Å². The number of aliphatic hydroxyl groups is 1. The zero-order valence-electron chi connectivity index (χ0n) is 20.2. The number of halogens is 1. The van der Waals surface area contributed by atoms with E-state index in [-0.39, 0.29) is 11.3 Å². The first-order valence-corrected chi connectivity index (χ1v) is 12.5. The van der Waals surface area contributed by atoms with Crippen LogP contribution in [-0.2, 0) is 20.9 Å². The maximum Gasteiger partial charge on any atom is 0.295 e. The fourth-order valence-electron chi connectivity index (χ4n) is 4.39. The van der Waals surface area contributed by atoms with Crippen molar-refractivity contribution in [2.45, 2.75) is 26.0 Å². The summed E-state index contributed by atoms with van der Waals surface area (Å²) in [6.45, 7) is 3.05. The summed E-state index contributed by atoms with van der Waals surface area (Å²) in [4.78, 5) is 27.7. The summed E-state index contributed by atoms with van der Waals surface area (Å²) < 4.78 is 11.9. The van der Waals surface area contributed by atoms with Gasteiger partial charge in [0.05, 0.1) is 11.6 Å². The SMILES string of the molecule is COCCCN1C(=O)C(=O)/C(=C(\O)c2ccc(OCc3ccccc3)cc2C)C1c1cccc(Br)c1. The highest BCUT2D eigenvalue weighted by molar-refractivity contribution is 9.10. The van der Waals surface area contributed by atoms with E-state index in [4.69, 9.17) is 9.47 Å². The molecule has 0 saturated carbocycles. The first-order chi connectivity index (χ1) is 17.4. The molecule has 1 aliphatic heterocycles. The lowest BCUT2D eigenvalue weighted by Gasteiger charge is -2.25. The quantitative estimate of drug-likeness (QED) is 0.158. The van der Waals surface area contributed by atoms with Crippen LogP contribution in [0.25, 0.3) is 5.76 Å². The average Bonchev–Trinajstić information content (AvgIpc) is 3.13. The van der Waals surface area contributed by atoms with Crippen molar-refractivity contribution in [2.75, 3.05) is 20.3 Å². The molecule has 0 radical (unpaired) electrons. The third kappa shape index (κ3) is 5.53. The van der Waals surface area contributed by atoms with Crippen LogP contribution in [0, 0.1) is 6.92 Å². The summed E-state index contributed by atoms with van der Waals surface area (Å²) in [5.41, 5.74) is 3.08. The van der Waals surface area contributed by atoms with E-state index in [9.17, 15) is 14.7 Å². The normalized spacial score (nSPS) is 17.0. The molecule has 1 heterocycles. The molecule has 1 aliphatic rings. The number of ether oxygens (including phenoxy) is 2. The minimum atomic E-state index is -0.701. The van der Waals surface area contributed by atoms with E-state index in [0.717, 1.165) is 21.2 Å². The van der Waals surface area contributed by atoms with Crippen LogP contribution >= 0.6 is 15.9 Å². The predicted octanol–water partition coefficient (Wildman–Crippen LogP) is 5.79. The second-order valence-electron chi connectivity index (χ2n) is 8.64. The Hall–Kier alpha value is -3.42. The Kier molecular flexibility index (Phi) is 8.23. The van der Waals surface area contributed by atoms with Gasteiger partial charge in [0.2, 0.25) is 0 Å². The number of nitrogens with zero attached hydrogens (tertiary/aromatic N) is 1. The van der Waals surface area contributed by atoms with Gasteiger partial charge < -0.3 is 19.5 Å². The number of Topliss-reactive ketones (excluding diaryl/α,β-unsaturated/α-hetero) is 1. The highest BCUT2D eigenvalue weighted by Crippen LogP contribution is 2.40. The molecule has 6 nitrogen and oxygen atoms in total. The van der Waals surface area contributed by atoms with Gasteiger partial charge in [0.1, 0.15) is 18.1 Å². The van der Waals surface area contributed by atoms with Gasteiger partial charge in [-0.05, 0) is 60.4 Å². The van der Waals surface area contributed by atoms with Crippen LogP contribution in [-0.4, -0.2) is 42.0 Å². The molecule has 1 fully saturated rings. The molecule has 3 aromatic carbocycles. The van der Waals surface area contributed by atoms with Crippen LogP contribution < -0.4 is 4.74 Å². The number of methoxy groups -OCH3 is 1. The van der Waals surface area contributed by atoms with Gasteiger partial charge in [-0.1, -0.05) is 58.4 Å². The number of aliphatic hydroxyl groups excluding tert-OH is 1. The maximum absolute atomic E-state index is 13.2. The largest absolute Gasteiger partial charge is 0.507 e. The third-order valence-corrected chi connectivity index (χ3v) is 6.65. The van der Waals surface area contributed by atoms with E-state index < -0.39 is 17.7 Å². The number of carbonyl (C=O) groups is 2. The monoisotopic (exact) mass is 549 g/mol. The van der Waals surface area contributed by atoms with Gasteiger partial charge in [0, 0.05) is 30.3 Å². The second kappa shape index (κ2) is 11.5. The number of aryl methyl sites for hydroxylation is 1. The predicted molar refractivity (Wildman–Crippen MR) is 142 cm³/mol. The van der Waals surface area contributed by atoms with Crippen LogP contribution in [0.15, 0.2) is 82.8 Å². The molecule has 1 saturated heterocycles. The molecule has 7 heteroatoms. The Balaban J connectivity index is 1.69. The summed E-state index contributed by atoms with van der Waals surface area (Å²) in [6, 6.07) is 21.9. The summed E-state index contributed by atoms with van der Waals surface area (Å²) in [5, 5.41) is 11.4. The van der Waals surface area contributed by atoms with Gasteiger partial charge in [-0.15, -0.1) is 0 Å². The van der Waals surface area contributed by atoms with Crippen molar-refractivity contribution in [1.29, 1.82) is 0 Å². The number of likely N-dealkylation sites (tertiary alicyclic amines) is 1. The standard InChI is InChI=1S/C29H28BrNO5/c1-19-16-23(36-18-20-8-4-3-5-9-20)12-13-24(19)27(32)25-26(21-10-6-11-22(30)17-21)31(14-7-15-35-2)29(34)28(25)33/h3-6,8-13,16-17,26,32H,7,14-15,18H2,1-2H3/b27-25-. The number of carbonyl (C=O) groups excluding carboxylic acids is 2. The van der Waals surface area contributed by atoms with Gasteiger partial charge in [-0.2, -0.15) is 0 Å². The molecule has 0 aliphatic carbocycles. The molecule has 1 atom stereocenters. The molecule has 1 unspecified atom stereocenters. The lowest BCUT2D eigenvalue weighted by atomic mass is 9.94. The van der Waals surface area contributed by atoms with Crippen LogP contribution in [0.1, 0.15) is 34.7 Å². The first-order valence-electron chi connectivity index (χ1n) is 11.7. The molecule has 1 N–H and O–H groups in total. The van der Waals surface area contributed by atoms with Gasteiger partial charge in [-0.25, -0.2) is 0 Å². The molecular weight excluding hydrogens is 522 g/mol. The smallest absolute Gasteiger partial charge is 0.295 e. The molecule has 1 amide bonds. The molecule has 0 bridgehead atoms. The average molecular weight is 550 g/mol. The number of hydrogen-bond donors (Lipinski definition) is 1. The molecule has 186 valence electrons. The molecule has 36 heavy (non-hydrogen) atoms. The van der Waals surface area contributed by atoms with Gasteiger partial charge in [0.15, 0.2) is 0 Å². The lowest BCUT2D eigenvalue weighted by molar-refractivity contribution is -0.140. The fraction of sp³-hybridized carbons (Fsp3) is 0.241. The van der Waals surface area contributed by atoms with E-state index in [1.165, 1.54) is 4.90 Å². The Labute approximate surface area is 219 Å². The third-order valence-electron chi connectivity index (χ3n) is 6.15. The van der Waals surface area contributed by atoms with Gasteiger partial charge >= 0.3 is 0 Å². The number of rotatable bonds is 9. The molecule has 0 spiro atoms. The minimum absolute atomic E-state index is 0.0802. The topological polar surface area (TPSA) is 76.1 Å². The van der Waals surface area contributed by atoms with E-state index in [2.05, 4.69) is 15.9 Å². The van der Waals surface area contributed by atoms with E-state index in [0.29, 0.717) is 37.5 Å². The van der Waals surface area contributed by atoms with Gasteiger partial charge in [0.25, 0.3) is 11.7 Å². The van der Waals surface area contributed by atoms with Gasteiger partial charge in [-0.3, -0.25) is 9.59 Å². The van der Waals surface area contributed by atoms with E-state index in [1.807, 2.05) is 67.6 Å². The lowest BCUT2D eigenvalue weighted by Crippen LogP contribution is -2.31. The Morgan fingerprint density at radius 1 is 1.03 bits per heavy atom. The van der Waals surface area contributed by atoms with Crippen LogP contribution in [0.4, 0.5) is 0 Å². The number of ketones is 1.